The van der Waals surface area contributed by atoms with Crippen LogP contribution in [0.2, 0.25) is 0 Å². The van der Waals surface area contributed by atoms with Crippen LogP contribution in [0.25, 0.3) is 0 Å². The first-order valence-electron chi connectivity index (χ1n) is 9.19. The number of fused-ring (bicyclic) bond motifs is 1. The minimum Gasteiger partial charge on any atom is -0.299 e. The van der Waals surface area contributed by atoms with Gasteiger partial charge in [0.1, 0.15) is 0 Å². The minimum atomic E-state index is 0.451. The summed E-state index contributed by atoms with van der Waals surface area (Å²) in [6, 6.07) is 22.3. The normalized spacial score (nSPS) is 28.3. The van der Waals surface area contributed by atoms with Gasteiger partial charge in [0.15, 0.2) is 0 Å². The van der Waals surface area contributed by atoms with Crippen molar-refractivity contribution >= 4 is 0 Å². The van der Waals surface area contributed by atoms with Gasteiger partial charge in [0.2, 0.25) is 0 Å². The molecule has 2 fully saturated rings. The Balaban J connectivity index is 1.56. The number of hydrogen-bond acceptors (Lipinski definition) is 1. The lowest BCUT2D eigenvalue weighted by Crippen LogP contribution is -2.35. The molecule has 1 aliphatic carbocycles. The number of rotatable bonds is 3. The largest absolute Gasteiger partial charge is 0.299 e. The molecule has 2 atom stereocenters. The van der Waals surface area contributed by atoms with Crippen molar-refractivity contribution < 1.29 is 0 Å². The van der Waals surface area contributed by atoms with Crippen LogP contribution >= 0.6 is 0 Å². The third-order valence-corrected chi connectivity index (χ3v) is 6.13. The van der Waals surface area contributed by atoms with Crippen molar-refractivity contribution in [2.45, 2.75) is 44.1 Å². The van der Waals surface area contributed by atoms with Crippen LogP contribution in [0.5, 0.6) is 0 Å². The molecule has 1 saturated heterocycles. The molecule has 1 heterocycles. The topological polar surface area (TPSA) is 3.24 Å². The minimum absolute atomic E-state index is 0.451. The van der Waals surface area contributed by atoms with E-state index in [1.165, 1.54) is 50.8 Å². The molecule has 23 heavy (non-hydrogen) atoms. The van der Waals surface area contributed by atoms with Gasteiger partial charge in [-0.1, -0.05) is 67.1 Å². The van der Waals surface area contributed by atoms with E-state index in [0.29, 0.717) is 5.41 Å². The van der Waals surface area contributed by atoms with Gasteiger partial charge < -0.3 is 0 Å². The van der Waals surface area contributed by atoms with Crippen molar-refractivity contribution in [1.82, 2.24) is 4.90 Å². The van der Waals surface area contributed by atoms with Crippen molar-refractivity contribution in [3.63, 3.8) is 0 Å². The monoisotopic (exact) mass is 305 g/mol. The molecule has 2 aromatic rings. The first-order valence-corrected chi connectivity index (χ1v) is 9.19. The van der Waals surface area contributed by atoms with Crippen LogP contribution in [-0.4, -0.2) is 18.0 Å². The fraction of sp³-hybridized carbons (Fsp3) is 0.455. The highest BCUT2D eigenvalue weighted by Gasteiger charge is 2.45. The van der Waals surface area contributed by atoms with Gasteiger partial charge in [0, 0.05) is 13.1 Å². The quantitative estimate of drug-likeness (QED) is 0.769. The van der Waals surface area contributed by atoms with E-state index in [1.807, 2.05) is 0 Å². The molecule has 1 aliphatic heterocycles. The molecule has 0 amide bonds. The van der Waals surface area contributed by atoms with E-state index in [0.717, 1.165) is 12.5 Å². The van der Waals surface area contributed by atoms with E-state index in [4.69, 9.17) is 0 Å². The molecule has 4 rings (SSSR count). The molecule has 0 radical (unpaired) electrons. The number of hydrogen-bond donors (Lipinski definition) is 0. The van der Waals surface area contributed by atoms with Gasteiger partial charge in [-0.15, -0.1) is 0 Å². The first-order chi connectivity index (χ1) is 11.4. The Kier molecular flexibility index (Phi) is 4.22. The van der Waals surface area contributed by atoms with Crippen LogP contribution in [0.15, 0.2) is 60.7 Å². The van der Waals surface area contributed by atoms with Crippen molar-refractivity contribution in [2.24, 2.45) is 5.92 Å². The Morgan fingerprint density at radius 3 is 2.35 bits per heavy atom. The van der Waals surface area contributed by atoms with Crippen LogP contribution < -0.4 is 0 Å². The molecule has 2 unspecified atom stereocenters. The maximum Gasteiger partial charge on any atom is 0.0233 e. The molecule has 120 valence electrons. The number of nitrogens with zero attached hydrogens (tertiary/aromatic N) is 1. The van der Waals surface area contributed by atoms with Crippen LogP contribution in [-0.2, 0) is 12.0 Å². The average Bonchev–Trinajstić information content (AvgIpc) is 2.92. The standard InChI is InChI=1S/C22H27N/c1-3-9-19(10-4-1)17-23-16-8-15-22(14-7-13-21(22)18-23)20-11-5-2-6-12-20/h1-6,9-12,21H,7-8,13-18H2. The zero-order valence-corrected chi connectivity index (χ0v) is 14.0. The maximum absolute atomic E-state index is 2.70. The van der Waals surface area contributed by atoms with Crippen molar-refractivity contribution in [3.8, 4) is 0 Å². The Hall–Kier alpha value is -1.60. The van der Waals surface area contributed by atoms with E-state index < -0.39 is 0 Å². The average molecular weight is 305 g/mol. The molecular formula is C22H27N. The summed E-state index contributed by atoms with van der Waals surface area (Å²) >= 11 is 0. The second-order valence-electron chi connectivity index (χ2n) is 7.44. The van der Waals surface area contributed by atoms with E-state index >= 15 is 0 Å². The summed E-state index contributed by atoms with van der Waals surface area (Å²) in [6.45, 7) is 3.63. The van der Waals surface area contributed by atoms with Gasteiger partial charge in [0.25, 0.3) is 0 Å². The molecule has 0 aromatic heterocycles. The van der Waals surface area contributed by atoms with Crippen molar-refractivity contribution in [2.75, 3.05) is 13.1 Å². The number of likely N-dealkylation sites (tertiary alicyclic amines) is 1. The number of benzene rings is 2. The fourth-order valence-electron chi connectivity index (χ4n) is 5.04. The van der Waals surface area contributed by atoms with Crippen LogP contribution in [0.1, 0.15) is 43.2 Å². The Morgan fingerprint density at radius 1 is 0.870 bits per heavy atom. The summed E-state index contributed by atoms with van der Waals surface area (Å²) in [5.74, 6) is 0.830. The molecule has 0 spiro atoms. The van der Waals surface area contributed by atoms with E-state index in [2.05, 4.69) is 65.6 Å². The van der Waals surface area contributed by atoms with Gasteiger partial charge in [-0.3, -0.25) is 4.90 Å². The van der Waals surface area contributed by atoms with Gasteiger partial charge in [0.05, 0.1) is 0 Å². The smallest absolute Gasteiger partial charge is 0.0233 e. The highest BCUT2D eigenvalue weighted by molar-refractivity contribution is 5.29. The molecule has 2 aromatic carbocycles. The highest BCUT2D eigenvalue weighted by Crippen LogP contribution is 2.50. The third kappa shape index (κ3) is 2.95. The molecule has 0 bridgehead atoms. The predicted molar refractivity (Wildman–Crippen MR) is 96.4 cm³/mol. The van der Waals surface area contributed by atoms with Crippen LogP contribution in [0, 0.1) is 5.92 Å². The summed E-state index contributed by atoms with van der Waals surface area (Å²) in [5.41, 5.74) is 3.51. The zero-order valence-electron chi connectivity index (χ0n) is 14.0. The summed E-state index contributed by atoms with van der Waals surface area (Å²) in [5, 5.41) is 0. The lowest BCUT2D eigenvalue weighted by molar-refractivity contribution is 0.215. The second kappa shape index (κ2) is 6.49. The summed E-state index contributed by atoms with van der Waals surface area (Å²) in [4.78, 5) is 2.70. The molecule has 0 N–H and O–H groups in total. The maximum atomic E-state index is 2.70. The van der Waals surface area contributed by atoms with Gasteiger partial charge in [-0.05, 0) is 54.7 Å². The summed E-state index contributed by atoms with van der Waals surface area (Å²) in [7, 11) is 0. The molecule has 1 saturated carbocycles. The Bertz CT molecular complexity index is 621. The lowest BCUT2D eigenvalue weighted by atomic mass is 9.70. The molecule has 1 nitrogen and oxygen atoms in total. The molecular weight excluding hydrogens is 278 g/mol. The van der Waals surface area contributed by atoms with E-state index in [1.54, 1.807) is 5.56 Å². The first kappa shape index (κ1) is 15.0. The van der Waals surface area contributed by atoms with E-state index in [9.17, 15) is 0 Å². The van der Waals surface area contributed by atoms with Crippen LogP contribution in [0.3, 0.4) is 0 Å². The fourth-order valence-corrected chi connectivity index (χ4v) is 5.04. The molecule has 2 aliphatic rings. The summed E-state index contributed by atoms with van der Waals surface area (Å²) < 4.78 is 0. The second-order valence-corrected chi connectivity index (χ2v) is 7.44. The Labute approximate surface area is 140 Å². The predicted octanol–water partition coefficient (Wildman–Crippen LogP) is 5.02. The molecule has 1 heteroatoms. The van der Waals surface area contributed by atoms with Gasteiger partial charge >= 0.3 is 0 Å². The highest BCUT2D eigenvalue weighted by atomic mass is 15.1. The van der Waals surface area contributed by atoms with Gasteiger partial charge in [-0.2, -0.15) is 0 Å². The van der Waals surface area contributed by atoms with Crippen molar-refractivity contribution in [1.29, 1.82) is 0 Å². The van der Waals surface area contributed by atoms with Crippen molar-refractivity contribution in [3.05, 3.63) is 71.8 Å². The SMILES string of the molecule is c1ccc(CN2CCCC3(c4ccccc4)CCCC3C2)cc1. The summed E-state index contributed by atoms with van der Waals surface area (Å²) in [6.07, 6.45) is 6.89. The lowest BCUT2D eigenvalue weighted by Gasteiger charge is -2.36. The zero-order chi connectivity index (χ0) is 15.5. The van der Waals surface area contributed by atoms with Gasteiger partial charge in [-0.25, -0.2) is 0 Å². The van der Waals surface area contributed by atoms with Crippen LogP contribution in [0.4, 0.5) is 0 Å². The van der Waals surface area contributed by atoms with E-state index in [-0.39, 0.29) is 0 Å². The third-order valence-electron chi connectivity index (χ3n) is 6.13. The Morgan fingerprint density at radius 2 is 1.57 bits per heavy atom.